The van der Waals surface area contributed by atoms with Crippen LogP contribution in [-0.4, -0.2) is 31.7 Å². The summed E-state index contributed by atoms with van der Waals surface area (Å²) in [6.45, 7) is 0.0525. The van der Waals surface area contributed by atoms with E-state index in [0.29, 0.717) is 5.56 Å². The van der Waals surface area contributed by atoms with Gasteiger partial charge >= 0.3 is 6.03 Å². The second kappa shape index (κ2) is 8.25. The molecule has 0 aliphatic heterocycles. The quantitative estimate of drug-likeness (QED) is 0.575. The third kappa shape index (κ3) is 5.57. The second-order valence-corrected chi connectivity index (χ2v) is 7.28. The number of amides is 2. The third-order valence-corrected chi connectivity index (χ3v) is 5.07. The number of urea groups is 1. The van der Waals surface area contributed by atoms with Crippen LogP contribution in [-0.2, 0) is 16.4 Å². The highest BCUT2D eigenvalue weighted by Crippen LogP contribution is 2.12. The number of nitro benzene ring substituents is 1. The van der Waals surface area contributed by atoms with Crippen molar-refractivity contribution in [3.8, 4) is 0 Å². The molecule has 132 valence electrons. The van der Waals surface area contributed by atoms with Crippen LogP contribution in [0.25, 0.3) is 0 Å². The Kier molecular flexibility index (Phi) is 6.07. The van der Waals surface area contributed by atoms with Crippen molar-refractivity contribution in [3.63, 3.8) is 0 Å². The number of benzene rings is 2. The highest BCUT2D eigenvalue weighted by Gasteiger charge is 2.14. The molecule has 0 unspecified atom stereocenters. The van der Waals surface area contributed by atoms with Crippen molar-refractivity contribution in [3.05, 3.63) is 70.3 Å². The lowest BCUT2D eigenvalue weighted by Crippen LogP contribution is -2.37. The smallest absolute Gasteiger partial charge is 0.315 e. The zero-order valence-electron chi connectivity index (χ0n) is 13.2. The molecule has 0 bridgehead atoms. The van der Waals surface area contributed by atoms with Crippen molar-refractivity contribution in [2.75, 3.05) is 12.3 Å². The van der Waals surface area contributed by atoms with E-state index in [9.17, 15) is 23.3 Å². The van der Waals surface area contributed by atoms with Crippen molar-refractivity contribution in [1.82, 2.24) is 10.6 Å². The maximum Gasteiger partial charge on any atom is 0.315 e. The summed E-state index contributed by atoms with van der Waals surface area (Å²) < 4.78 is 24.1. The first kappa shape index (κ1) is 18.4. The van der Waals surface area contributed by atoms with Gasteiger partial charge in [0.2, 0.25) is 0 Å². The molecule has 0 fully saturated rings. The molecule has 0 saturated heterocycles. The highest BCUT2D eigenvalue weighted by molar-refractivity contribution is 7.91. The molecule has 2 aromatic carbocycles. The largest absolute Gasteiger partial charge is 0.337 e. The van der Waals surface area contributed by atoms with Crippen LogP contribution in [0, 0.1) is 10.1 Å². The molecule has 8 nitrogen and oxygen atoms in total. The molecule has 25 heavy (non-hydrogen) atoms. The van der Waals surface area contributed by atoms with E-state index >= 15 is 0 Å². The summed E-state index contributed by atoms with van der Waals surface area (Å²) in [5, 5.41) is 15.7. The van der Waals surface area contributed by atoms with Crippen LogP contribution in [0.1, 0.15) is 5.56 Å². The fraction of sp³-hybridized carbons (Fsp3) is 0.188. The van der Waals surface area contributed by atoms with Gasteiger partial charge in [0.1, 0.15) is 0 Å². The lowest BCUT2D eigenvalue weighted by molar-refractivity contribution is -0.384. The minimum Gasteiger partial charge on any atom is -0.337 e. The topological polar surface area (TPSA) is 118 Å². The normalized spacial score (nSPS) is 10.9. The number of rotatable bonds is 7. The van der Waals surface area contributed by atoms with Crippen LogP contribution < -0.4 is 10.6 Å². The predicted octanol–water partition coefficient (Wildman–Crippen LogP) is 1.87. The van der Waals surface area contributed by atoms with Crippen molar-refractivity contribution in [1.29, 1.82) is 0 Å². The predicted molar refractivity (Wildman–Crippen MR) is 91.8 cm³/mol. The number of hydrogen-bond acceptors (Lipinski definition) is 5. The van der Waals surface area contributed by atoms with Gasteiger partial charge in [-0.25, -0.2) is 13.2 Å². The van der Waals surface area contributed by atoms with Crippen molar-refractivity contribution < 1.29 is 18.1 Å². The van der Waals surface area contributed by atoms with E-state index in [-0.39, 0.29) is 29.4 Å². The van der Waals surface area contributed by atoms with Gasteiger partial charge < -0.3 is 10.6 Å². The molecule has 0 saturated carbocycles. The molecule has 2 N–H and O–H groups in total. The zero-order chi connectivity index (χ0) is 18.3. The molecule has 2 aromatic rings. The zero-order valence-corrected chi connectivity index (χ0v) is 14.0. The van der Waals surface area contributed by atoms with E-state index in [1.807, 2.05) is 0 Å². The van der Waals surface area contributed by atoms with E-state index in [2.05, 4.69) is 10.6 Å². The maximum absolute atomic E-state index is 12.1. The minimum absolute atomic E-state index is 0.0437. The highest BCUT2D eigenvalue weighted by atomic mass is 32.2. The first-order chi connectivity index (χ1) is 11.9. The van der Waals surface area contributed by atoms with E-state index < -0.39 is 20.8 Å². The maximum atomic E-state index is 12.1. The first-order valence-electron chi connectivity index (χ1n) is 7.41. The summed E-state index contributed by atoms with van der Waals surface area (Å²) in [4.78, 5) is 22.1. The fourth-order valence-corrected chi connectivity index (χ4v) is 3.25. The van der Waals surface area contributed by atoms with Gasteiger partial charge in [0.25, 0.3) is 5.69 Å². The third-order valence-electron chi connectivity index (χ3n) is 3.33. The van der Waals surface area contributed by atoms with Crippen LogP contribution >= 0.6 is 0 Å². The molecule has 2 rings (SSSR count). The number of carbonyl (C=O) groups excluding carboxylic acids is 1. The number of non-ortho nitro benzene ring substituents is 1. The summed E-state index contributed by atoms with van der Waals surface area (Å²) in [6.07, 6.45) is 0. The molecule has 9 heteroatoms. The summed E-state index contributed by atoms with van der Waals surface area (Å²) in [5.41, 5.74) is 0.509. The van der Waals surface area contributed by atoms with Gasteiger partial charge in [-0.2, -0.15) is 0 Å². The van der Waals surface area contributed by atoms with E-state index in [4.69, 9.17) is 0 Å². The lowest BCUT2D eigenvalue weighted by Gasteiger charge is -2.08. The lowest BCUT2D eigenvalue weighted by atomic mass is 10.2. The van der Waals surface area contributed by atoms with Gasteiger partial charge in [-0.1, -0.05) is 30.3 Å². The Morgan fingerprint density at radius 2 is 1.76 bits per heavy atom. The summed E-state index contributed by atoms with van der Waals surface area (Å²) in [6, 6.07) is 13.3. The number of hydrogen-bond donors (Lipinski definition) is 2. The number of nitro groups is 1. The van der Waals surface area contributed by atoms with Crippen LogP contribution in [0.4, 0.5) is 10.5 Å². The minimum atomic E-state index is -3.46. The summed E-state index contributed by atoms with van der Waals surface area (Å²) in [5.74, 6) is -0.221. The van der Waals surface area contributed by atoms with Crippen LogP contribution in [0.3, 0.4) is 0 Å². The molecule has 0 aliphatic carbocycles. The Bertz CT molecular complexity index is 853. The van der Waals surface area contributed by atoms with Crippen LogP contribution in [0.2, 0.25) is 0 Å². The Balaban J connectivity index is 1.80. The first-order valence-corrected chi connectivity index (χ1v) is 9.06. The van der Waals surface area contributed by atoms with E-state index in [1.54, 1.807) is 24.3 Å². The van der Waals surface area contributed by atoms with Gasteiger partial charge in [-0.05, 0) is 17.7 Å². The van der Waals surface area contributed by atoms with Gasteiger partial charge in [-0.3, -0.25) is 10.1 Å². The fourth-order valence-electron chi connectivity index (χ4n) is 2.07. The van der Waals surface area contributed by atoms with Crippen molar-refractivity contribution >= 4 is 21.6 Å². The van der Waals surface area contributed by atoms with Gasteiger partial charge in [0.15, 0.2) is 9.84 Å². The number of nitrogens with one attached hydrogen (secondary N) is 2. The second-order valence-electron chi connectivity index (χ2n) is 5.17. The molecule has 0 aromatic heterocycles. The summed E-state index contributed by atoms with van der Waals surface area (Å²) >= 11 is 0. The van der Waals surface area contributed by atoms with Crippen LogP contribution in [0.15, 0.2) is 59.5 Å². The average molecular weight is 363 g/mol. The molecule has 2 amide bonds. The van der Waals surface area contributed by atoms with Crippen molar-refractivity contribution in [2.24, 2.45) is 0 Å². The number of carbonyl (C=O) groups is 1. The van der Waals surface area contributed by atoms with Gasteiger partial charge in [0, 0.05) is 25.2 Å². The van der Waals surface area contributed by atoms with Gasteiger partial charge in [-0.15, -0.1) is 0 Å². The van der Waals surface area contributed by atoms with E-state index in [1.165, 1.54) is 30.3 Å². The Morgan fingerprint density at radius 3 is 2.44 bits per heavy atom. The Hall–Kier alpha value is -2.94. The molecule has 0 aliphatic rings. The SMILES string of the molecule is O=C(NCCS(=O)(=O)c1ccccc1)NCc1cccc([N+](=O)[O-])c1. The molecular formula is C16H17N3O5S. The molecular weight excluding hydrogens is 346 g/mol. The molecule has 0 atom stereocenters. The Labute approximate surface area is 144 Å². The molecule has 0 heterocycles. The average Bonchev–Trinajstić information content (AvgIpc) is 2.61. The monoisotopic (exact) mass is 363 g/mol. The number of sulfone groups is 1. The van der Waals surface area contributed by atoms with Crippen molar-refractivity contribution in [2.45, 2.75) is 11.4 Å². The Morgan fingerprint density at radius 1 is 1.04 bits per heavy atom. The molecule has 0 spiro atoms. The van der Waals surface area contributed by atoms with Gasteiger partial charge in [0.05, 0.1) is 15.6 Å². The summed E-state index contributed by atoms with van der Waals surface area (Å²) in [7, 11) is -3.46. The van der Waals surface area contributed by atoms with E-state index in [0.717, 1.165) is 0 Å². The van der Waals surface area contributed by atoms with Crippen LogP contribution in [0.5, 0.6) is 0 Å². The molecule has 0 radical (unpaired) electrons. The number of nitrogens with zero attached hydrogens (tertiary/aromatic N) is 1. The standard InChI is InChI=1S/C16H17N3O5S/c20-16(18-12-13-5-4-6-14(11-13)19(21)22)17-9-10-25(23,24)15-7-2-1-3-8-15/h1-8,11H,9-10,12H2,(H2,17,18,20).